The molecule has 3 N–H and O–H groups in total. The number of ether oxygens (including phenoxy) is 1. The van der Waals surface area contributed by atoms with E-state index in [1.165, 1.54) is 12.8 Å². The van der Waals surface area contributed by atoms with E-state index in [2.05, 4.69) is 12.2 Å². The molecule has 1 saturated carbocycles. The Hall–Kier alpha value is -0.160. The molecular formula is C14H29NO3. The SMILES string of the molecule is CCCC(CCO)CNCC(O)COCC1CC1. The monoisotopic (exact) mass is 259 g/mol. The van der Waals surface area contributed by atoms with Gasteiger partial charge in [-0.15, -0.1) is 0 Å². The van der Waals surface area contributed by atoms with E-state index in [9.17, 15) is 5.11 Å². The largest absolute Gasteiger partial charge is 0.396 e. The van der Waals surface area contributed by atoms with Gasteiger partial charge >= 0.3 is 0 Å². The normalized spacial score (nSPS) is 18.8. The third-order valence-corrected chi connectivity index (χ3v) is 3.41. The van der Waals surface area contributed by atoms with Crippen LogP contribution in [0.5, 0.6) is 0 Å². The highest BCUT2D eigenvalue weighted by Gasteiger charge is 2.21. The Morgan fingerprint density at radius 2 is 2.06 bits per heavy atom. The van der Waals surface area contributed by atoms with Crippen LogP contribution in [0.3, 0.4) is 0 Å². The van der Waals surface area contributed by atoms with Crippen molar-refractivity contribution in [3.63, 3.8) is 0 Å². The molecule has 2 unspecified atom stereocenters. The van der Waals surface area contributed by atoms with E-state index in [1.807, 2.05) is 0 Å². The summed E-state index contributed by atoms with van der Waals surface area (Å²) in [6.07, 6.45) is 5.26. The maximum absolute atomic E-state index is 9.72. The fourth-order valence-electron chi connectivity index (χ4n) is 2.11. The molecule has 18 heavy (non-hydrogen) atoms. The first-order valence-corrected chi connectivity index (χ1v) is 7.33. The molecule has 4 nitrogen and oxygen atoms in total. The minimum atomic E-state index is -0.417. The third-order valence-electron chi connectivity index (χ3n) is 3.41. The Morgan fingerprint density at radius 1 is 1.28 bits per heavy atom. The molecule has 1 rings (SSSR count). The van der Waals surface area contributed by atoms with Gasteiger partial charge in [-0.3, -0.25) is 0 Å². The van der Waals surface area contributed by atoms with Crippen molar-refractivity contribution in [1.82, 2.24) is 5.32 Å². The third kappa shape index (κ3) is 8.03. The standard InChI is InChI=1S/C14H29NO3/c1-2-3-12(6-7-16)8-15-9-14(17)11-18-10-13-4-5-13/h12-17H,2-11H2,1H3. The number of rotatable bonds is 12. The molecule has 1 aliphatic rings. The zero-order chi connectivity index (χ0) is 13.2. The van der Waals surface area contributed by atoms with E-state index < -0.39 is 6.10 Å². The van der Waals surface area contributed by atoms with Gasteiger partial charge in [0.1, 0.15) is 0 Å². The molecule has 0 aromatic heterocycles. The summed E-state index contributed by atoms with van der Waals surface area (Å²) >= 11 is 0. The van der Waals surface area contributed by atoms with Crippen LogP contribution in [-0.2, 0) is 4.74 Å². The predicted molar refractivity (Wildman–Crippen MR) is 72.5 cm³/mol. The van der Waals surface area contributed by atoms with E-state index in [0.29, 0.717) is 19.1 Å². The summed E-state index contributed by atoms with van der Waals surface area (Å²) in [5.41, 5.74) is 0. The van der Waals surface area contributed by atoms with Crippen LogP contribution in [0.1, 0.15) is 39.0 Å². The van der Waals surface area contributed by atoms with Gasteiger partial charge in [0.2, 0.25) is 0 Å². The lowest BCUT2D eigenvalue weighted by molar-refractivity contribution is 0.0320. The summed E-state index contributed by atoms with van der Waals surface area (Å²) in [6.45, 7) is 5.09. The molecular weight excluding hydrogens is 230 g/mol. The van der Waals surface area contributed by atoms with Gasteiger partial charge in [0.25, 0.3) is 0 Å². The van der Waals surface area contributed by atoms with Crippen molar-refractivity contribution in [2.24, 2.45) is 11.8 Å². The lowest BCUT2D eigenvalue weighted by atomic mass is 10.0. The highest BCUT2D eigenvalue weighted by molar-refractivity contribution is 4.72. The fraction of sp³-hybridized carbons (Fsp3) is 1.00. The highest BCUT2D eigenvalue weighted by Crippen LogP contribution is 2.28. The summed E-state index contributed by atoms with van der Waals surface area (Å²) < 4.78 is 5.44. The van der Waals surface area contributed by atoms with Gasteiger partial charge in [-0.2, -0.15) is 0 Å². The van der Waals surface area contributed by atoms with Crippen LogP contribution in [0.4, 0.5) is 0 Å². The number of aliphatic hydroxyl groups is 2. The van der Waals surface area contributed by atoms with Gasteiger partial charge < -0.3 is 20.3 Å². The predicted octanol–water partition coefficient (Wildman–Crippen LogP) is 1.16. The van der Waals surface area contributed by atoms with Crippen molar-refractivity contribution >= 4 is 0 Å². The molecule has 1 aliphatic carbocycles. The van der Waals surface area contributed by atoms with Crippen LogP contribution in [0.25, 0.3) is 0 Å². The first kappa shape index (κ1) is 15.9. The second kappa shape index (κ2) is 9.73. The van der Waals surface area contributed by atoms with Crippen LogP contribution >= 0.6 is 0 Å². The molecule has 4 heteroatoms. The Morgan fingerprint density at radius 3 is 2.67 bits per heavy atom. The minimum Gasteiger partial charge on any atom is -0.396 e. The average Bonchev–Trinajstić information content (AvgIpc) is 3.14. The second-order valence-electron chi connectivity index (χ2n) is 5.46. The zero-order valence-electron chi connectivity index (χ0n) is 11.6. The molecule has 2 atom stereocenters. The summed E-state index contributed by atoms with van der Waals surface area (Å²) in [5, 5.41) is 21.9. The minimum absolute atomic E-state index is 0.249. The quantitative estimate of drug-likeness (QED) is 0.492. The zero-order valence-corrected chi connectivity index (χ0v) is 11.6. The average molecular weight is 259 g/mol. The topological polar surface area (TPSA) is 61.7 Å². The summed E-state index contributed by atoms with van der Waals surface area (Å²) in [4.78, 5) is 0. The van der Waals surface area contributed by atoms with Crippen LogP contribution in [0, 0.1) is 11.8 Å². The molecule has 0 spiro atoms. The highest BCUT2D eigenvalue weighted by atomic mass is 16.5. The van der Waals surface area contributed by atoms with Crippen molar-refractivity contribution in [2.75, 3.05) is 32.9 Å². The Kier molecular flexibility index (Phi) is 8.59. The van der Waals surface area contributed by atoms with Crippen LogP contribution in [-0.4, -0.2) is 49.2 Å². The van der Waals surface area contributed by atoms with Crippen LogP contribution in [0.15, 0.2) is 0 Å². The van der Waals surface area contributed by atoms with E-state index in [-0.39, 0.29) is 6.61 Å². The van der Waals surface area contributed by atoms with E-state index in [4.69, 9.17) is 9.84 Å². The van der Waals surface area contributed by atoms with Crippen molar-refractivity contribution in [2.45, 2.75) is 45.1 Å². The first-order valence-electron chi connectivity index (χ1n) is 7.33. The molecule has 0 bridgehead atoms. The van der Waals surface area contributed by atoms with Gasteiger partial charge in [0, 0.05) is 19.8 Å². The van der Waals surface area contributed by atoms with Gasteiger partial charge in [0.05, 0.1) is 12.7 Å². The van der Waals surface area contributed by atoms with Crippen LogP contribution in [0.2, 0.25) is 0 Å². The number of aliphatic hydroxyl groups excluding tert-OH is 2. The molecule has 0 amide bonds. The summed E-state index contributed by atoms with van der Waals surface area (Å²) in [5.74, 6) is 1.27. The number of hydrogen-bond acceptors (Lipinski definition) is 4. The maximum atomic E-state index is 9.72. The molecule has 108 valence electrons. The van der Waals surface area contributed by atoms with Crippen molar-refractivity contribution in [3.8, 4) is 0 Å². The molecule has 0 aliphatic heterocycles. The lowest BCUT2D eigenvalue weighted by Gasteiger charge is -2.17. The smallest absolute Gasteiger partial charge is 0.0897 e. The van der Waals surface area contributed by atoms with E-state index in [0.717, 1.165) is 38.3 Å². The fourth-order valence-corrected chi connectivity index (χ4v) is 2.11. The number of hydrogen-bond donors (Lipinski definition) is 3. The Labute approximate surface area is 111 Å². The molecule has 0 saturated heterocycles. The van der Waals surface area contributed by atoms with Gasteiger partial charge in [-0.05, 0) is 44.1 Å². The van der Waals surface area contributed by atoms with Gasteiger partial charge in [-0.25, -0.2) is 0 Å². The van der Waals surface area contributed by atoms with Crippen molar-refractivity contribution in [1.29, 1.82) is 0 Å². The lowest BCUT2D eigenvalue weighted by Crippen LogP contribution is -2.34. The molecule has 0 aromatic carbocycles. The van der Waals surface area contributed by atoms with E-state index in [1.54, 1.807) is 0 Å². The molecule has 1 fully saturated rings. The summed E-state index contributed by atoms with van der Waals surface area (Å²) in [6, 6.07) is 0. The van der Waals surface area contributed by atoms with Crippen molar-refractivity contribution in [3.05, 3.63) is 0 Å². The second-order valence-corrected chi connectivity index (χ2v) is 5.46. The Bertz CT molecular complexity index is 191. The maximum Gasteiger partial charge on any atom is 0.0897 e. The Balaban J connectivity index is 1.95. The first-order chi connectivity index (χ1) is 8.76. The van der Waals surface area contributed by atoms with E-state index >= 15 is 0 Å². The molecule has 0 heterocycles. The van der Waals surface area contributed by atoms with Gasteiger partial charge in [0.15, 0.2) is 0 Å². The van der Waals surface area contributed by atoms with Crippen molar-refractivity contribution < 1.29 is 14.9 Å². The molecule has 0 aromatic rings. The molecule has 0 radical (unpaired) electrons. The summed E-state index contributed by atoms with van der Waals surface area (Å²) in [7, 11) is 0. The van der Waals surface area contributed by atoms with Crippen LogP contribution < -0.4 is 5.32 Å². The van der Waals surface area contributed by atoms with Gasteiger partial charge in [-0.1, -0.05) is 13.3 Å². The number of nitrogens with one attached hydrogen (secondary N) is 1.